The Labute approximate surface area is 120 Å². The van der Waals surface area contributed by atoms with E-state index in [-0.39, 0.29) is 11.9 Å². The van der Waals surface area contributed by atoms with Gasteiger partial charge in [0.1, 0.15) is 5.75 Å². The summed E-state index contributed by atoms with van der Waals surface area (Å²) in [6.45, 7) is 3.64. The predicted octanol–water partition coefficient (Wildman–Crippen LogP) is 0.978. The van der Waals surface area contributed by atoms with Crippen molar-refractivity contribution < 1.29 is 14.3 Å². The fourth-order valence-corrected chi connectivity index (χ4v) is 1.85. The Bertz CT molecular complexity index is 410. The van der Waals surface area contributed by atoms with Crippen molar-refractivity contribution in [1.82, 2.24) is 10.6 Å². The molecule has 1 aromatic rings. The third-order valence-electron chi connectivity index (χ3n) is 3.04. The Kier molecular flexibility index (Phi) is 7.69. The van der Waals surface area contributed by atoms with E-state index in [1.807, 2.05) is 31.2 Å². The van der Waals surface area contributed by atoms with Crippen molar-refractivity contribution in [2.75, 3.05) is 33.9 Å². The molecule has 0 saturated carbocycles. The van der Waals surface area contributed by atoms with Crippen LogP contribution in [0.15, 0.2) is 24.3 Å². The monoisotopic (exact) mass is 280 g/mol. The van der Waals surface area contributed by atoms with Gasteiger partial charge in [-0.1, -0.05) is 18.2 Å². The van der Waals surface area contributed by atoms with Gasteiger partial charge < -0.3 is 20.1 Å². The Hall–Kier alpha value is -1.59. The van der Waals surface area contributed by atoms with E-state index in [2.05, 4.69) is 10.6 Å². The van der Waals surface area contributed by atoms with Crippen LogP contribution in [0.2, 0.25) is 0 Å². The largest absolute Gasteiger partial charge is 0.496 e. The van der Waals surface area contributed by atoms with Gasteiger partial charge >= 0.3 is 0 Å². The number of ether oxygens (including phenoxy) is 2. The van der Waals surface area contributed by atoms with Gasteiger partial charge in [-0.15, -0.1) is 0 Å². The summed E-state index contributed by atoms with van der Waals surface area (Å²) in [5.74, 6) is 0.869. The van der Waals surface area contributed by atoms with Crippen LogP contribution in [-0.2, 0) is 16.0 Å². The Morgan fingerprint density at radius 2 is 2.00 bits per heavy atom. The number of hydrogen-bond donors (Lipinski definition) is 2. The lowest BCUT2D eigenvalue weighted by Gasteiger charge is -2.14. The highest BCUT2D eigenvalue weighted by atomic mass is 16.5. The number of carbonyl (C=O) groups is 1. The summed E-state index contributed by atoms with van der Waals surface area (Å²) < 4.78 is 10.2. The lowest BCUT2D eigenvalue weighted by atomic mass is 10.1. The Morgan fingerprint density at radius 3 is 2.70 bits per heavy atom. The molecule has 0 aliphatic heterocycles. The molecule has 0 saturated heterocycles. The molecule has 2 N–H and O–H groups in total. The molecule has 5 nitrogen and oxygen atoms in total. The highest BCUT2D eigenvalue weighted by Gasteiger charge is 2.11. The molecule has 0 fully saturated rings. The van der Waals surface area contributed by atoms with Crippen molar-refractivity contribution in [2.24, 2.45) is 0 Å². The molecule has 0 aliphatic rings. The van der Waals surface area contributed by atoms with Gasteiger partial charge in [-0.25, -0.2) is 0 Å². The van der Waals surface area contributed by atoms with E-state index < -0.39 is 0 Å². The van der Waals surface area contributed by atoms with Crippen LogP contribution in [0.4, 0.5) is 0 Å². The lowest BCUT2D eigenvalue weighted by molar-refractivity contribution is -0.122. The van der Waals surface area contributed by atoms with Crippen LogP contribution in [0.5, 0.6) is 5.75 Å². The third kappa shape index (κ3) is 5.59. The number of hydrogen-bond acceptors (Lipinski definition) is 4. The van der Waals surface area contributed by atoms with Crippen LogP contribution in [-0.4, -0.2) is 45.9 Å². The first-order valence-electron chi connectivity index (χ1n) is 6.81. The van der Waals surface area contributed by atoms with Crippen molar-refractivity contribution in [3.05, 3.63) is 29.8 Å². The molecule has 0 spiro atoms. The second-order valence-corrected chi connectivity index (χ2v) is 4.52. The van der Waals surface area contributed by atoms with Crippen LogP contribution in [0.25, 0.3) is 0 Å². The van der Waals surface area contributed by atoms with E-state index in [0.29, 0.717) is 13.2 Å². The van der Waals surface area contributed by atoms with Gasteiger partial charge in [-0.05, 0) is 25.0 Å². The molecule has 1 rings (SSSR count). The summed E-state index contributed by atoms with van der Waals surface area (Å²) in [4.78, 5) is 11.7. The third-order valence-corrected chi connectivity index (χ3v) is 3.04. The fourth-order valence-electron chi connectivity index (χ4n) is 1.85. The van der Waals surface area contributed by atoms with Crippen molar-refractivity contribution in [3.63, 3.8) is 0 Å². The smallest absolute Gasteiger partial charge is 0.236 e. The van der Waals surface area contributed by atoms with Gasteiger partial charge in [0.05, 0.1) is 19.8 Å². The summed E-state index contributed by atoms with van der Waals surface area (Å²) in [6, 6.07) is 7.68. The van der Waals surface area contributed by atoms with Crippen LogP contribution in [0, 0.1) is 0 Å². The molecule has 1 unspecified atom stereocenters. The van der Waals surface area contributed by atoms with Gasteiger partial charge in [-0.3, -0.25) is 4.79 Å². The zero-order valence-electron chi connectivity index (χ0n) is 12.4. The molecular weight excluding hydrogens is 256 g/mol. The number of carbonyl (C=O) groups excluding carboxylic acids is 1. The minimum atomic E-state index is -0.221. The van der Waals surface area contributed by atoms with E-state index in [4.69, 9.17) is 9.47 Å². The quantitative estimate of drug-likeness (QED) is 0.662. The number of para-hydroxylation sites is 1. The summed E-state index contributed by atoms with van der Waals surface area (Å²) in [5.41, 5.74) is 1.13. The standard InChI is InChI=1S/C15H24N2O3/c1-12(15(18)17-10-11-19-2)16-9-8-13-6-4-5-7-14(13)20-3/h4-7,12,16H,8-11H2,1-3H3,(H,17,18). The fraction of sp³-hybridized carbons (Fsp3) is 0.533. The maximum Gasteiger partial charge on any atom is 0.236 e. The zero-order chi connectivity index (χ0) is 14.8. The summed E-state index contributed by atoms with van der Waals surface area (Å²) >= 11 is 0. The van der Waals surface area contributed by atoms with E-state index in [9.17, 15) is 4.79 Å². The Balaban J connectivity index is 2.30. The van der Waals surface area contributed by atoms with Crippen LogP contribution >= 0.6 is 0 Å². The minimum Gasteiger partial charge on any atom is -0.496 e. The summed E-state index contributed by atoms with van der Waals surface area (Å²) in [6.07, 6.45) is 0.819. The predicted molar refractivity (Wildman–Crippen MR) is 79.0 cm³/mol. The lowest BCUT2D eigenvalue weighted by Crippen LogP contribution is -2.43. The van der Waals surface area contributed by atoms with Crippen molar-refractivity contribution in [3.8, 4) is 5.75 Å². The average Bonchev–Trinajstić information content (AvgIpc) is 2.47. The summed E-state index contributed by atoms with van der Waals surface area (Å²) in [5, 5.41) is 6.00. The molecule has 20 heavy (non-hydrogen) atoms. The summed E-state index contributed by atoms with van der Waals surface area (Å²) in [7, 11) is 3.28. The molecule has 0 aliphatic carbocycles. The number of amides is 1. The highest BCUT2D eigenvalue weighted by molar-refractivity contribution is 5.81. The SMILES string of the molecule is COCCNC(=O)C(C)NCCc1ccccc1OC. The second kappa shape index (κ2) is 9.34. The topological polar surface area (TPSA) is 59.6 Å². The first kappa shape index (κ1) is 16.5. The van der Waals surface area contributed by atoms with E-state index >= 15 is 0 Å². The number of benzene rings is 1. The highest BCUT2D eigenvalue weighted by Crippen LogP contribution is 2.17. The van der Waals surface area contributed by atoms with Gasteiger partial charge in [0.2, 0.25) is 5.91 Å². The van der Waals surface area contributed by atoms with E-state index in [1.165, 1.54) is 0 Å². The number of rotatable bonds is 9. The van der Waals surface area contributed by atoms with E-state index in [0.717, 1.165) is 24.3 Å². The van der Waals surface area contributed by atoms with Crippen molar-refractivity contribution in [1.29, 1.82) is 0 Å². The molecular formula is C15H24N2O3. The zero-order valence-corrected chi connectivity index (χ0v) is 12.4. The van der Waals surface area contributed by atoms with Crippen molar-refractivity contribution in [2.45, 2.75) is 19.4 Å². The molecule has 1 amide bonds. The van der Waals surface area contributed by atoms with Gasteiger partial charge in [0, 0.05) is 20.2 Å². The van der Waals surface area contributed by atoms with Crippen molar-refractivity contribution >= 4 is 5.91 Å². The second-order valence-electron chi connectivity index (χ2n) is 4.52. The van der Waals surface area contributed by atoms with E-state index in [1.54, 1.807) is 14.2 Å². The van der Waals surface area contributed by atoms with Gasteiger partial charge in [0.25, 0.3) is 0 Å². The maximum atomic E-state index is 11.7. The normalized spacial score (nSPS) is 11.9. The first-order valence-corrected chi connectivity index (χ1v) is 6.81. The van der Waals surface area contributed by atoms with Crippen LogP contribution in [0.3, 0.4) is 0 Å². The molecule has 0 heterocycles. The van der Waals surface area contributed by atoms with Crippen LogP contribution in [0.1, 0.15) is 12.5 Å². The number of methoxy groups -OCH3 is 2. The molecule has 112 valence electrons. The molecule has 1 aromatic carbocycles. The average molecular weight is 280 g/mol. The Morgan fingerprint density at radius 1 is 1.25 bits per heavy atom. The maximum absolute atomic E-state index is 11.7. The first-order chi connectivity index (χ1) is 9.69. The molecule has 5 heteroatoms. The molecule has 1 atom stereocenters. The van der Waals surface area contributed by atoms with Gasteiger partial charge in [-0.2, -0.15) is 0 Å². The minimum absolute atomic E-state index is 0.0120. The molecule has 0 bridgehead atoms. The molecule has 0 aromatic heterocycles. The number of nitrogens with one attached hydrogen (secondary N) is 2. The van der Waals surface area contributed by atoms with Crippen LogP contribution < -0.4 is 15.4 Å². The van der Waals surface area contributed by atoms with Gasteiger partial charge in [0.15, 0.2) is 0 Å². The molecule has 0 radical (unpaired) electrons.